The molecule has 0 nitrogen and oxygen atoms in total. The molecule has 0 aliphatic heterocycles. The van der Waals surface area contributed by atoms with E-state index >= 15 is 0 Å². The summed E-state index contributed by atoms with van der Waals surface area (Å²) in [5.41, 5.74) is 0. The van der Waals surface area contributed by atoms with Gasteiger partial charge in [0.05, 0.1) is 0 Å². The van der Waals surface area contributed by atoms with Crippen LogP contribution >= 0.6 is 12.2 Å². The van der Waals surface area contributed by atoms with Crippen LogP contribution in [-0.4, -0.2) is 5.37 Å². The van der Waals surface area contributed by atoms with Gasteiger partial charge >= 0.3 is 0 Å². The second-order valence-electron chi connectivity index (χ2n) is 1.75. The molecule has 0 aromatic carbocycles. The van der Waals surface area contributed by atoms with Gasteiger partial charge in [-0.3, -0.25) is 0 Å². The normalized spacial score (nSPS) is 22.7. The molecule has 1 radical (unpaired) electrons. The maximum Gasteiger partial charge on any atom is 0.0325 e. The summed E-state index contributed by atoms with van der Waals surface area (Å²) >= 11 is 4.58. The predicted octanol–water partition coefficient (Wildman–Crippen LogP) is 1.66. The Labute approximate surface area is 43.6 Å². The Hall–Kier alpha value is 0.0900. The van der Waals surface area contributed by atoms with Gasteiger partial charge in [0.25, 0.3) is 0 Å². The van der Waals surface area contributed by atoms with Crippen molar-refractivity contribution >= 4 is 17.6 Å². The van der Waals surface area contributed by atoms with Gasteiger partial charge in [0, 0.05) is 5.37 Å². The number of rotatable bonds is 1. The van der Waals surface area contributed by atoms with Gasteiger partial charge in [-0.2, -0.15) is 0 Å². The highest BCUT2D eigenvalue weighted by Crippen LogP contribution is 2.23. The summed E-state index contributed by atoms with van der Waals surface area (Å²) in [5.74, 6) is 0.681. The van der Waals surface area contributed by atoms with Gasteiger partial charge in [-0.15, -0.1) is 0 Å². The van der Waals surface area contributed by atoms with Gasteiger partial charge in [-0.1, -0.05) is 18.6 Å². The van der Waals surface area contributed by atoms with Crippen LogP contribution in [0.15, 0.2) is 0 Å². The van der Waals surface area contributed by atoms with E-state index in [0.717, 1.165) is 0 Å². The van der Waals surface area contributed by atoms with E-state index in [1.165, 1.54) is 19.3 Å². The van der Waals surface area contributed by atoms with Crippen molar-refractivity contribution in [3.63, 3.8) is 0 Å². The molecule has 1 heteroatoms. The Morgan fingerprint density at radius 3 is 2.17 bits per heavy atom. The molecule has 0 aromatic rings. The number of thiocarbonyl (C=S) groups is 1. The third-order valence-corrected chi connectivity index (χ3v) is 1.61. The van der Waals surface area contributed by atoms with Crippen LogP contribution < -0.4 is 0 Å². The number of hydrogen-bond acceptors (Lipinski definition) is 1. The zero-order valence-corrected chi connectivity index (χ0v) is 4.42. The largest absolute Gasteiger partial charge is 0.0834 e. The van der Waals surface area contributed by atoms with Crippen molar-refractivity contribution < 1.29 is 0 Å². The first-order valence-corrected chi connectivity index (χ1v) is 2.72. The molecule has 1 rings (SSSR count). The second-order valence-corrected chi connectivity index (χ2v) is 1.98. The fourth-order valence-electron chi connectivity index (χ4n) is 0.526. The third-order valence-electron chi connectivity index (χ3n) is 1.27. The molecule has 0 heterocycles. The Morgan fingerprint density at radius 1 is 1.50 bits per heavy atom. The van der Waals surface area contributed by atoms with Crippen LogP contribution in [0.1, 0.15) is 19.3 Å². The van der Waals surface area contributed by atoms with Crippen molar-refractivity contribution in [2.24, 2.45) is 5.92 Å². The van der Waals surface area contributed by atoms with Gasteiger partial charge in [0.1, 0.15) is 0 Å². The van der Waals surface area contributed by atoms with Crippen molar-refractivity contribution in [2.45, 2.75) is 19.3 Å². The van der Waals surface area contributed by atoms with Crippen LogP contribution in [0, 0.1) is 5.92 Å². The SMILES string of the molecule is S=[C]C1CCC1. The molecule has 0 spiro atoms. The molecular weight excluding hydrogens is 92.1 g/mol. The van der Waals surface area contributed by atoms with Gasteiger partial charge in [-0.25, -0.2) is 0 Å². The third kappa shape index (κ3) is 0.597. The van der Waals surface area contributed by atoms with Crippen molar-refractivity contribution in [3.05, 3.63) is 0 Å². The quantitative estimate of drug-likeness (QED) is 0.450. The first-order chi connectivity index (χ1) is 2.93. The van der Waals surface area contributed by atoms with Gasteiger partial charge in [0.2, 0.25) is 0 Å². The molecule has 0 N–H and O–H groups in total. The average molecular weight is 99.2 g/mol. The molecule has 1 saturated carbocycles. The van der Waals surface area contributed by atoms with Crippen LogP contribution in [0.5, 0.6) is 0 Å². The van der Waals surface area contributed by atoms with E-state index in [1.54, 1.807) is 0 Å². The van der Waals surface area contributed by atoms with Gasteiger partial charge < -0.3 is 0 Å². The monoisotopic (exact) mass is 99.0 g/mol. The summed E-state index contributed by atoms with van der Waals surface area (Å²) in [6.07, 6.45) is 3.96. The minimum Gasteiger partial charge on any atom is -0.0834 e. The standard InChI is InChI=1S/C5H7S/c6-4-5-2-1-3-5/h5H,1-3H2. The Morgan fingerprint density at radius 2 is 2.17 bits per heavy atom. The molecule has 1 aliphatic rings. The van der Waals surface area contributed by atoms with Crippen LogP contribution in [0.4, 0.5) is 0 Å². The fraction of sp³-hybridized carbons (Fsp3) is 0.800. The minimum atomic E-state index is 0.681. The fourth-order valence-corrected chi connectivity index (χ4v) is 0.762. The summed E-state index contributed by atoms with van der Waals surface area (Å²) in [7, 11) is 0. The lowest BCUT2D eigenvalue weighted by atomic mass is 9.87. The summed E-state index contributed by atoms with van der Waals surface area (Å²) < 4.78 is 0. The summed E-state index contributed by atoms with van der Waals surface area (Å²) in [6.45, 7) is 0. The van der Waals surface area contributed by atoms with Gasteiger partial charge in [-0.05, 0) is 18.8 Å². The van der Waals surface area contributed by atoms with Crippen molar-refractivity contribution in [1.82, 2.24) is 0 Å². The molecule has 33 valence electrons. The van der Waals surface area contributed by atoms with Crippen LogP contribution in [0.2, 0.25) is 0 Å². The summed E-state index contributed by atoms with van der Waals surface area (Å²) in [4.78, 5) is 0. The molecule has 0 amide bonds. The van der Waals surface area contributed by atoms with E-state index in [9.17, 15) is 0 Å². The molecule has 0 atom stereocenters. The van der Waals surface area contributed by atoms with Crippen LogP contribution in [0.25, 0.3) is 0 Å². The van der Waals surface area contributed by atoms with Crippen LogP contribution in [-0.2, 0) is 0 Å². The van der Waals surface area contributed by atoms with E-state index in [1.807, 2.05) is 0 Å². The lowest BCUT2D eigenvalue weighted by molar-refractivity contribution is 0.424. The summed E-state index contributed by atoms with van der Waals surface area (Å²) in [5, 5.41) is 2.78. The topological polar surface area (TPSA) is 0 Å². The minimum absolute atomic E-state index is 0.681. The molecule has 0 saturated heterocycles. The maximum absolute atomic E-state index is 4.58. The molecule has 0 unspecified atom stereocenters. The zero-order valence-electron chi connectivity index (χ0n) is 3.61. The Bertz CT molecular complexity index is 55.0. The average Bonchev–Trinajstić information content (AvgIpc) is 1.31. The van der Waals surface area contributed by atoms with Crippen molar-refractivity contribution in [1.29, 1.82) is 0 Å². The first kappa shape index (κ1) is 4.25. The smallest absolute Gasteiger partial charge is 0.0325 e. The maximum atomic E-state index is 4.58. The van der Waals surface area contributed by atoms with E-state index in [0.29, 0.717) is 5.92 Å². The highest BCUT2D eigenvalue weighted by atomic mass is 32.1. The molecule has 0 bridgehead atoms. The van der Waals surface area contributed by atoms with E-state index in [-0.39, 0.29) is 0 Å². The van der Waals surface area contributed by atoms with Crippen molar-refractivity contribution in [3.8, 4) is 0 Å². The second kappa shape index (κ2) is 1.69. The van der Waals surface area contributed by atoms with Crippen molar-refractivity contribution in [2.75, 3.05) is 0 Å². The lowest BCUT2D eigenvalue weighted by Crippen LogP contribution is -2.09. The highest BCUT2D eigenvalue weighted by Gasteiger charge is 2.13. The zero-order chi connectivity index (χ0) is 4.41. The van der Waals surface area contributed by atoms with E-state index in [2.05, 4.69) is 17.6 Å². The molecule has 1 aliphatic carbocycles. The predicted molar refractivity (Wildman–Crippen MR) is 29.9 cm³/mol. The van der Waals surface area contributed by atoms with E-state index < -0.39 is 0 Å². The molecule has 6 heavy (non-hydrogen) atoms. The van der Waals surface area contributed by atoms with Gasteiger partial charge in [0.15, 0.2) is 0 Å². The summed E-state index contributed by atoms with van der Waals surface area (Å²) in [6, 6.07) is 0. The lowest BCUT2D eigenvalue weighted by Gasteiger charge is -2.18. The molecular formula is C5H7S. The van der Waals surface area contributed by atoms with E-state index in [4.69, 9.17) is 0 Å². The van der Waals surface area contributed by atoms with Crippen LogP contribution in [0.3, 0.4) is 0 Å². The number of hydrogen-bond donors (Lipinski definition) is 0. The molecule has 0 aromatic heterocycles. The highest BCUT2D eigenvalue weighted by molar-refractivity contribution is 7.79. The first-order valence-electron chi connectivity index (χ1n) is 2.31. The Balaban J connectivity index is 2.16. The molecule has 1 fully saturated rings. The Kier molecular flexibility index (Phi) is 1.20.